The van der Waals surface area contributed by atoms with Crippen LogP contribution in [0, 0.1) is 0 Å². The number of Topliss-reactive ketones (excluding diaryl/α,β-unsaturated/α-hetero) is 1. The molecule has 0 radical (unpaired) electrons. The Morgan fingerprint density at radius 2 is 1.81 bits per heavy atom. The fraction of sp³-hybridized carbons (Fsp3) is 0.360. The minimum Gasteiger partial charge on any atom is -0.507 e. The first-order chi connectivity index (χ1) is 15.4. The normalized spacial score (nSPS) is 17.9. The molecule has 2 aromatic rings. The van der Waals surface area contributed by atoms with Crippen LogP contribution in [0.5, 0.6) is 5.75 Å². The number of amides is 1. The first kappa shape index (κ1) is 24.0. The molecule has 7 heteroatoms. The Morgan fingerprint density at radius 1 is 1.12 bits per heavy atom. The Balaban J connectivity index is 2.03. The molecule has 0 saturated carbocycles. The highest BCUT2D eigenvalue weighted by molar-refractivity contribution is 9.10. The molecular formula is C25H29BrN2O4. The largest absolute Gasteiger partial charge is 0.507 e. The number of benzene rings is 2. The second kappa shape index (κ2) is 10.8. The second-order valence-electron chi connectivity index (χ2n) is 7.66. The van der Waals surface area contributed by atoms with Crippen LogP contribution in [0.3, 0.4) is 0 Å². The zero-order chi connectivity index (χ0) is 23.3. The zero-order valence-corrected chi connectivity index (χ0v) is 20.3. The number of halogens is 1. The lowest BCUT2D eigenvalue weighted by molar-refractivity contribution is -0.140. The van der Waals surface area contributed by atoms with Crippen molar-refractivity contribution in [3.05, 3.63) is 69.7 Å². The molecule has 1 aliphatic heterocycles. The third kappa shape index (κ3) is 5.05. The summed E-state index contributed by atoms with van der Waals surface area (Å²) in [6.07, 6.45) is 0.737. The lowest BCUT2D eigenvalue weighted by Crippen LogP contribution is -2.33. The van der Waals surface area contributed by atoms with Crippen LogP contribution in [-0.2, 0) is 9.59 Å². The molecule has 1 atom stereocenters. The molecule has 1 fully saturated rings. The second-order valence-corrected chi connectivity index (χ2v) is 8.57. The summed E-state index contributed by atoms with van der Waals surface area (Å²) in [4.78, 5) is 30.0. The molecule has 0 aromatic heterocycles. The van der Waals surface area contributed by atoms with Crippen molar-refractivity contribution in [3.63, 3.8) is 0 Å². The summed E-state index contributed by atoms with van der Waals surface area (Å²) in [6, 6.07) is 13.7. The monoisotopic (exact) mass is 500 g/mol. The SMILES string of the molecule is CCN(CC)CCCN1C(=O)C(=O)/C(=C(/O)c2cccc(OC)c2)[C@@H]1c1ccc(Br)cc1. The van der Waals surface area contributed by atoms with Crippen molar-refractivity contribution >= 4 is 33.4 Å². The van der Waals surface area contributed by atoms with Gasteiger partial charge in [0.05, 0.1) is 18.7 Å². The summed E-state index contributed by atoms with van der Waals surface area (Å²) in [6.45, 7) is 7.33. The van der Waals surface area contributed by atoms with E-state index in [1.54, 1.807) is 29.2 Å². The Labute approximate surface area is 197 Å². The number of hydrogen-bond donors (Lipinski definition) is 1. The van der Waals surface area contributed by atoms with Gasteiger partial charge in [0.1, 0.15) is 11.5 Å². The summed E-state index contributed by atoms with van der Waals surface area (Å²) in [5.74, 6) is -0.882. The average molecular weight is 501 g/mol. The third-order valence-electron chi connectivity index (χ3n) is 5.84. The minimum atomic E-state index is -0.666. The molecule has 0 bridgehead atoms. The average Bonchev–Trinajstić information content (AvgIpc) is 3.07. The van der Waals surface area contributed by atoms with Gasteiger partial charge in [0.2, 0.25) is 0 Å². The Hall–Kier alpha value is -2.64. The standard InChI is InChI=1S/C25H29BrN2O4/c1-4-27(5-2)14-7-15-28-22(17-10-12-19(26)13-11-17)21(24(30)25(28)31)23(29)18-8-6-9-20(16-18)32-3/h6,8-13,16,22,29H,4-5,7,14-15H2,1-3H3/b23-21+/t22-/m0/s1. The molecule has 32 heavy (non-hydrogen) atoms. The van der Waals surface area contributed by atoms with Crippen LogP contribution < -0.4 is 4.74 Å². The maximum absolute atomic E-state index is 13.1. The van der Waals surface area contributed by atoms with Gasteiger partial charge < -0.3 is 19.6 Å². The highest BCUT2D eigenvalue weighted by atomic mass is 79.9. The lowest BCUT2D eigenvalue weighted by Gasteiger charge is -2.27. The fourth-order valence-electron chi connectivity index (χ4n) is 4.03. The number of aliphatic hydroxyl groups is 1. The fourth-order valence-corrected chi connectivity index (χ4v) is 4.30. The number of likely N-dealkylation sites (tertiary alicyclic amines) is 1. The Kier molecular flexibility index (Phi) is 8.10. The molecular weight excluding hydrogens is 472 g/mol. The van der Waals surface area contributed by atoms with Crippen molar-refractivity contribution in [2.75, 3.05) is 33.3 Å². The summed E-state index contributed by atoms with van der Waals surface area (Å²) in [5.41, 5.74) is 1.32. The number of ketones is 1. The van der Waals surface area contributed by atoms with E-state index in [-0.39, 0.29) is 11.3 Å². The van der Waals surface area contributed by atoms with Gasteiger partial charge in [0.15, 0.2) is 0 Å². The Morgan fingerprint density at radius 3 is 2.44 bits per heavy atom. The number of ether oxygens (including phenoxy) is 1. The smallest absolute Gasteiger partial charge is 0.295 e. The first-order valence-electron chi connectivity index (χ1n) is 10.8. The van der Waals surface area contributed by atoms with Gasteiger partial charge in [-0.05, 0) is 55.9 Å². The van der Waals surface area contributed by atoms with Crippen molar-refractivity contribution < 1.29 is 19.4 Å². The summed E-state index contributed by atoms with van der Waals surface area (Å²) in [5, 5.41) is 11.1. The van der Waals surface area contributed by atoms with Crippen molar-refractivity contribution in [1.29, 1.82) is 0 Å². The third-order valence-corrected chi connectivity index (χ3v) is 6.37. The van der Waals surface area contributed by atoms with Gasteiger partial charge in [-0.2, -0.15) is 0 Å². The molecule has 0 unspecified atom stereocenters. The van der Waals surface area contributed by atoms with Crippen LogP contribution in [0.1, 0.15) is 37.4 Å². The van der Waals surface area contributed by atoms with Crippen LogP contribution in [-0.4, -0.2) is 59.9 Å². The minimum absolute atomic E-state index is 0.105. The molecule has 1 saturated heterocycles. The summed E-state index contributed by atoms with van der Waals surface area (Å²) >= 11 is 3.43. The van der Waals surface area contributed by atoms with E-state index in [0.29, 0.717) is 17.9 Å². The van der Waals surface area contributed by atoms with Crippen molar-refractivity contribution in [1.82, 2.24) is 9.80 Å². The maximum atomic E-state index is 13.1. The van der Waals surface area contributed by atoms with Gasteiger partial charge in [-0.1, -0.05) is 54.0 Å². The molecule has 0 spiro atoms. The molecule has 170 valence electrons. The highest BCUT2D eigenvalue weighted by Gasteiger charge is 2.45. The van der Waals surface area contributed by atoms with Crippen LogP contribution in [0.2, 0.25) is 0 Å². The van der Waals surface area contributed by atoms with E-state index >= 15 is 0 Å². The van der Waals surface area contributed by atoms with Gasteiger partial charge in [-0.25, -0.2) is 0 Å². The number of aliphatic hydroxyl groups excluding tert-OH is 1. The molecule has 1 N–H and O–H groups in total. The first-order valence-corrected chi connectivity index (χ1v) is 11.6. The molecule has 1 aliphatic rings. The quantitative estimate of drug-likeness (QED) is 0.309. The van der Waals surface area contributed by atoms with Gasteiger partial charge in [0, 0.05) is 16.6 Å². The predicted octanol–water partition coefficient (Wildman–Crippen LogP) is 4.61. The van der Waals surface area contributed by atoms with E-state index in [9.17, 15) is 14.7 Å². The van der Waals surface area contributed by atoms with E-state index in [4.69, 9.17) is 4.74 Å². The maximum Gasteiger partial charge on any atom is 0.295 e. The summed E-state index contributed by atoms with van der Waals surface area (Å²) in [7, 11) is 1.54. The topological polar surface area (TPSA) is 70.1 Å². The zero-order valence-electron chi connectivity index (χ0n) is 18.7. The molecule has 1 amide bonds. The van der Waals surface area contributed by atoms with Gasteiger partial charge in [-0.15, -0.1) is 0 Å². The van der Waals surface area contributed by atoms with E-state index in [1.165, 1.54) is 7.11 Å². The number of hydrogen-bond acceptors (Lipinski definition) is 5. The van der Waals surface area contributed by atoms with Crippen molar-refractivity contribution in [2.24, 2.45) is 0 Å². The molecule has 6 nitrogen and oxygen atoms in total. The number of nitrogens with zero attached hydrogens (tertiary/aromatic N) is 2. The number of rotatable bonds is 9. The lowest BCUT2D eigenvalue weighted by atomic mass is 9.95. The van der Waals surface area contributed by atoms with Crippen LogP contribution >= 0.6 is 15.9 Å². The van der Waals surface area contributed by atoms with Crippen LogP contribution in [0.25, 0.3) is 5.76 Å². The number of methoxy groups -OCH3 is 1. The van der Waals surface area contributed by atoms with Gasteiger partial charge >= 0.3 is 0 Å². The van der Waals surface area contributed by atoms with E-state index in [1.807, 2.05) is 24.3 Å². The van der Waals surface area contributed by atoms with Crippen LogP contribution in [0.4, 0.5) is 0 Å². The molecule has 1 heterocycles. The van der Waals surface area contributed by atoms with E-state index < -0.39 is 17.7 Å². The van der Waals surface area contributed by atoms with Gasteiger partial charge in [-0.3, -0.25) is 9.59 Å². The molecule has 0 aliphatic carbocycles. The van der Waals surface area contributed by atoms with E-state index in [2.05, 4.69) is 34.7 Å². The van der Waals surface area contributed by atoms with Crippen LogP contribution in [0.15, 0.2) is 58.6 Å². The van der Waals surface area contributed by atoms with Crippen molar-refractivity contribution in [3.8, 4) is 5.75 Å². The molecule has 3 rings (SSSR count). The number of carbonyl (C=O) groups excluding carboxylic acids is 2. The van der Waals surface area contributed by atoms with E-state index in [0.717, 1.165) is 36.1 Å². The highest BCUT2D eigenvalue weighted by Crippen LogP contribution is 2.40. The molecule has 2 aromatic carbocycles. The summed E-state index contributed by atoms with van der Waals surface area (Å²) < 4.78 is 6.15. The number of carbonyl (C=O) groups is 2. The predicted molar refractivity (Wildman–Crippen MR) is 129 cm³/mol. The van der Waals surface area contributed by atoms with Crippen molar-refractivity contribution in [2.45, 2.75) is 26.3 Å². The van der Waals surface area contributed by atoms with Gasteiger partial charge in [0.25, 0.3) is 11.7 Å². The Bertz CT molecular complexity index is 999.